The largest absolute Gasteiger partial charge is 0.339 e. The number of rotatable bonds is 1. The van der Waals surface area contributed by atoms with Gasteiger partial charge in [-0.25, -0.2) is 0 Å². The summed E-state index contributed by atoms with van der Waals surface area (Å²) in [6, 6.07) is 11.4. The fourth-order valence-corrected chi connectivity index (χ4v) is 1.81. The summed E-state index contributed by atoms with van der Waals surface area (Å²) in [5.41, 5.74) is 2.81. The van der Waals surface area contributed by atoms with Gasteiger partial charge >= 0.3 is 0 Å². The van der Waals surface area contributed by atoms with Crippen LogP contribution in [0.2, 0.25) is 0 Å². The molecule has 1 nitrogen and oxygen atoms in total. The van der Waals surface area contributed by atoms with E-state index in [1.165, 1.54) is 11.1 Å². The number of aryl methyl sites for hydroxylation is 1. The fourth-order valence-electron chi connectivity index (χ4n) is 1.81. The first-order valence-electron chi connectivity index (χ1n) is 4.21. The fraction of sp³-hybridized carbons (Fsp3) is 0.273. The van der Waals surface area contributed by atoms with Gasteiger partial charge in [-0.3, -0.25) is 0 Å². The molecule has 0 radical (unpaired) electrons. The number of fused-ring (bicyclic) bond motifs is 1. The Morgan fingerprint density at radius 3 is 3.08 bits per heavy atom. The maximum Gasteiger partial charge on any atom is 0.0595 e. The van der Waals surface area contributed by atoms with Gasteiger partial charge in [0.25, 0.3) is 0 Å². The monoisotopic (exact) mass is 157 g/mol. The second-order valence-electron chi connectivity index (χ2n) is 3.08. The van der Waals surface area contributed by atoms with Crippen LogP contribution in [0.3, 0.4) is 0 Å². The second kappa shape index (κ2) is 2.91. The average molecular weight is 157 g/mol. The van der Waals surface area contributed by atoms with Crippen LogP contribution >= 0.6 is 0 Å². The summed E-state index contributed by atoms with van der Waals surface area (Å²) in [6.07, 6.45) is 7.48. The first-order valence-corrected chi connectivity index (χ1v) is 4.21. The van der Waals surface area contributed by atoms with Gasteiger partial charge in [0, 0.05) is 6.04 Å². The Bertz CT molecular complexity index is 322. The van der Waals surface area contributed by atoms with Gasteiger partial charge in [0.2, 0.25) is 0 Å². The normalized spacial score (nSPS) is 19.8. The maximum atomic E-state index is 5.20. The minimum atomic E-state index is 0.381. The van der Waals surface area contributed by atoms with Crippen molar-refractivity contribution < 1.29 is 0 Å². The van der Waals surface area contributed by atoms with Crippen LogP contribution in [0.15, 0.2) is 24.3 Å². The molecule has 0 saturated carbocycles. The molecule has 1 aliphatic rings. The van der Waals surface area contributed by atoms with E-state index in [4.69, 9.17) is 6.42 Å². The first-order chi connectivity index (χ1) is 5.92. The van der Waals surface area contributed by atoms with Gasteiger partial charge in [-0.05, 0) is 24.0 Å². The summed E-state index contributed by atoms with van der Waals surface area (Å²) in [7, 11) is 0. The van der Waals surface area contributed by atoms with Crippen molar-refractivity contribution in [3.8, 4) is 12.5 Å². The third-order valence-electron chi connectivity index (χ3n) is 2.39. The van der Waals surface area contributed by atoms with Crippen molar-refractivity contribution in [2.75, 3.05) is 0 Å². The van der Waals surface area contributed by atoms with E-state index in [0.29, 0.717) is 6.04 Å². The summed E-state index contributed by atoms with van der Waals surface area (Å²) in [5, 5.41) is 3.03. The van der Waals surface area contributed by atoms with E-state index in [1.54, 1.807) is 0 Å². The molecule has 12 heavy (non-hydrogen) atoms. The van der Waals surface area contributed by atoms with Gasteiger partial charge < -0.3 is 5.32 Å². The van der Waals surface area contributed by atoms with Crippen molar-refractivity contribution in [2.24, 2.45) is 0 Å². The SMILES string of the molecule is C#CN[C@H]1CCc2ccccc21. The van der Waals surface area contributed by atoms with Gasteiger partial charge in [-0.1, -0.05) is 30.7 Å². The van der Waals surface area contributed by atoms with Crippen molar-refractivity contribution in [1.82, 2.24) is 5.32 Å². The van der Waals surface area contributed by atoms with Crippen LogP contribution in [0.5, 0.6) is 0 Å². The lowest BCUT2D eigenvalue weighted by atomic mass is 10.1. The molecule has 0 heterocycles. The molecular formula is C11H11N. The van der Waals surface area contributed by atoms with E-state index in [1.807, 2.05) is 0 Å². The Kier molecular flexibility index (Phi) is 1.75. The molecule has 1 N–H and O–H groups in total. The molecule has 0 aromatic heterocycles. The van der Waals surface area contributed by atoms with E-state index in [0.717, 1.165) is 12.8 Å². The summed E-state index contributed by atoms with van der Waals surface area (Å²) in [6.45, 7) is 0. The minimum Gasteiger partial charge on any atom is -0.339 e. The molecule has 0 aliphatic heterocycles. The van der Waals surface area contributed by atoms with Gasteiger partial charge in [0.15, 0.2) is 0 Å². The molecule has 0 unspecified atom stereocenters. The molecular weight excluding hydrogens is 146 g/mol. The molecule has 1 atom stereocenters. The van der Waals surface area contributed by atoms with E-state index in [-0.39, 0.29) is 0 Å². The molecule has 0 spiro atoms. The van der Waals surface area contributed by atoms with Crippen LogP contribution < -0.4 is 5.32 Å². The molecule has 1 aromatic rings. The third kappa shape index (κ3) is 1.06. The predicted molar refractivity (Wildman–Crippen MR) is 49.5 cm³/mol. The smallest absolute Gasteiger partial charge is 0.0595 e. The second-order valence-corrected chi connectivity index (χ2v) is 3.08. The number of hydrogen-bond donors (Lipinski definition) is 1. The van der Waals surface area contributed by atoms with E-state index in [9.17, 15) is 0 Å². The van der Waals surface area contributed by atoms with Crippen LogP contribution in [0.25, 0.3) is 0 Å². The summed E-state index contributed by atoms with van der Waals surface area (Å²) >= 11 is 0. The zero-order valence-electron chi connectivity index (χ0n) is 6.88. The number of nitrogens with one attached hydrogen (secondary N) is 1. The standard InChI is InChI=1S/C11H11N/c1-2-12-11-8-7-9-5-3-4-6-10(9)11/h1,3-6,11-12H,7-8H2/t11-/m0/s1. The topological polar surface area (TPSA) is 12.0 Å². The first kappa shape index (κ1) is 7.24. The van der Waals surface area contributed by atoms with Gasteiger partial charge in [0.1, 0.15) is 0 Å². The Morgan fingerprint density at radius 2 is 2.25 bits per heavy atom. The van der Waals surface area contributed by atoms with Crippen LogP contribution in [0.1, 0.15) is 23.6 Å². The molecule has 2 rings (SSSR count). The highest BCUT2D eigenvalue weighted by atomic mass is 14.9. The lowest BCUT2D eigenvalue weighted by Gasteiger charge is -2.08. The van der Waals surface area contributed by atoms with Gasteiger partial charge in [-0.2, -0.15) is 0 Å². The highest BCUT2D eigenvalue weighted by Crippen LogP contribution is 2.30. The zero-order chi connectivity index (χ0) is 8.39. The lowest BCUT2D eigenvalue weighted by molar-refractivity contribution is 0.631. The van der Waals surface area contributed by atoms with Crippen molar-refractivity contribution >= 4 is 0 Å². The third-order valence-corrected chi connectivity index (χ3v) is 2.39. The molecule has 60 valence electrons. The van der Waals surface area contributed by atoms with Gasteiger partial charge in [0.05, 0.1) is 6.04 Å². The van der Waals surface area contributed by atoms with Crippen LogP contribution in [0.4, 0.5) is 0 Å². The van der Waals surface area contributed by atoms with Crippen molar-refractivity contribution in [3.05, 3.63) is 35.4 Å². The highest BCUT2D eigenvalue weighted by Gasteiger charge is 2.20. The Labute approximate surface area is 72.8 Å². The summed E-state index contributed by atoms with van der Waals surface area (Å²) < 4.78 is 0. The van der Waals surface area contributed by atoms with Crippen molar-refractivity contribution in [3.63, 3.8) is 0 Å². The molecule has 0 fully saturated rings. The molecule has 0 saturated heterocycles. The predicted octanol–water partition coefficient (Wildman–Crippen LogP) is 1.85. The van der Waals surface area contributed by atoms with Crippen LogP contribution in [0, 0.1) is 12.5 Å². The van der Waals surface area contributed by atoms with Crippen molar-refractivity contribution in [1.29, 1.82) is 0 Å². The maximum absolute atomic E-state index is 5.20. The molecule has 0 bridgehead atoms. The molecule has 0 amide bonds. The highest BCUT2D eigenvalue weighted by molar-refractivity contribution is 5.34. The van der Waals surface area contributed by atoms with E-state index >= 15 is 0 Å². The van der Waals surface area contributed by atoms with Crippen molar-refractivity contribution in [2.45, 2.75) is 18.9 Å². The Hall–Kier alpha value is -1.42. The summed E-state index contributed by atoms with van der Waals surface area (Å²) in [5.74, 6) is 0. The average Bonchev–Trinajstić information content (AvgIpc) is 2.50. The quantitative estimate of drug-likeness (QED) is 0.484. The van der Waals surface area contributed by atoms with Crippen LogP contribution in [-0.4, -0.2) is 0 Å². The lowest BCUT2D eigenvalue weighted by Crippen LogP contribution is -2.11. The van der Waals surface area contributed by atoms with Crippen LogP contribution in [-0.2, 0) is 6.42 Å². The number of terminal acetylenes is 1. The molecule has 1 aliphatic carbocycles. The molecule has 1 aromatic carbocycles. The zero-order valence-corrected chi connectivity index (χ0v) is 6.88. The van der Waals surface area contributed by atoms with E-state index in [2.05, 4.69) is 35.6 Å². The number of hydrogen-bond acceptors (Lipinski definition) is 1. The molecule has 1 heteroatoms. The minimum absolute atomic E-state index is 0.381. The Balaban J connectivity index is 2.31. The summed E-state index contributed by atoms with van der Waals surface area (Å²) in [4.78, 5) is 0. The number of benzene rings is 1. The Morgan fingerprint density at radius 1 is 1.42 bits per heavy atom. The van der Waals surface area contributed by atoms with Gasteiger partial charge in [-0.15, -0.1) is 0 Å². The van der Waals surface area contributed by atoms with E-state index < -0.39 is 0 Å².